The number of hydrogen-bond donors (Lipinski definition) is 0. The van der Waals surface area contributed by atoms with Crippen LogP contribution in [0.2, 0.25) is 0 Å². The summed E-state index contributed by atoms with van der Waals surface area (Å²) in [5, 5.41) is 0. The molecule has 0 unspecified atom stereocenters. The average Bonchev–Trinajstić information content (AvgIpc) is 3.16. The molecular weight excluding hydrogens is 677 g/mol. The fourth-order valence-corrected chi connectivity index (χ4v) is 10.2. The van der Waals surface area contributed by atoms with E-state index in [0.717, 1.165) is 0 Å². The van der Waals surface area contributed by atoms with Gasteiger partial charge in [-0.25, -0.2) is 0 Å². The lowest BCUT2D eigenvalue weighted by Gasteiger charge is -2.08. The summed E-state index contributed by atoms with van der Waals surface area (Å²) in [6.45, 7) is 6.90. The van der Waals surface area contributed by atoms with Crippen molar-refractivity contribution in [3.05, 3.63) is 23.8 Å². The quantitative estimate of drug-likeness (QED) is 0.0479. The predicted molar refractivity (Wildman–Crippen MR) is 249 cm³/mol. The summed E-state index contributed by atoms with van der Waals surface area (Å²) in [6, 6.07) is 7.28. The Hall–Kier alpha value is -0.0800. The van der Waals surface area contributed by atoms with Crippen molar-refractivity contribution in [1.82, 2.24) is 0 Å². The number of unbranched alkanes of at least 4 members (excludes halogenated alkanes) is 38. The van der Waals surface area contributed by atoms with E-state index in [1.165, 1.54) is 284 Å². The summed E-state index contributed by atoms with van der Waals surface area (Å²) in [7, 11) is 0. The Morgan fingerprint density at radius 1 is 0.264 bits per heavy atom. The molecule has 0 saturated carbocycles. The Balaban J connectivity index is 1.84. The third-order valence-corrected chi connectivity index (χ3v) is 13.7. The maximum Gasteiger partial charge on any atom is 0.00857 e. The summed E-state index contributed by atoms with van der Waals surface area (Å²) in [5.74, 6) is 2.57. The van der Waals surface area contributed by atoms with Crippen LogP contribution in [0, 0.1) is 6.92 Å². The molecule has 0 aromatic heterocycles. The van der Waals surface area contributed by atoms with Crippen LogP contribution in [0.3, 0.4) is 0 Å². The van der Waals surface area contributed by atoms with Gasteiger partial charge in [-0.05, 0) is 55.0 Å². The Morgan fingerprint density at radius 3 is 0.660 bits per heavy atom. The maximum atomic E-state index is 2.47. The average molecular weight is 773 g/mol. The zero-order chi connectivity index (χ0) is 38.0. The highest BCUT2D eigenvalue weighted by atomic mass is 32.2. The first-order chi connectivity index (χ1) is 26.3. The molecule has 1 rings (SSSR count). The van der Waals surface area contributed by atoms with Gasteiger partial charge in [0, 0.05) is 9.79 Å². The van der Waals surface area contributed by atoms with Gasteiger partial charge in [0.1, 0.15) is 0 Å². The minimum Gasteiger partial charge on any atom is -0.126 e. The molecule has 0 aliphatic carbocycles. The highest BCUT2D eigenvalue weighted by Crippen LogP contribution is 2.29. The fourth-order valence-electron chi connectivity index (χ4n) is 7.98. The van der Waals surface area contributed by atoms with E-state index in [2.05, 4.69) is 62.5 Å². The van der Waals surface area contributed by atoms with Gasteiger partial charge in [-0.3, -0.25) is 0 Å². The highest BCUT2D eigenvalue weighted by molar-refractivity contribution is 8.00. The summed E-state index contributed by atoms with van der Waals surface area (Å²) < 4.78 is 0. The molecule has 0 N–H and O–H groups in total. The van der Waals surface area contributed by atoms with Crippen molar-refractivity contribution in [2.45, 2.75) is 287 Å². The van der Waals surface area contributed by atoms with Crippen LogP contribution in [0.1, 0.15) is 276 Å². The predicted octanol–water partition coefficient (Wildman–Crippen LogP) is 19.8. The molecule has 0 nitrogen and oxygen atoms in total. The molecule has 2 heteroatoms. The summed E-state index contributed by atoms with van der Waals surface area (Å²) in [5.41, 5.74) is 1.43. The Kier molecular flexibility index (Phi) is 41.4. The number of aryl methyl sites for hydroxylation is 1. The maximum absolute atomic E-state index is 2.47. The smallest absolute Gasteiger partial charge is 0.00857 e. The number of thioether (sulfide) groups is 2. The van der Waals surface area contributed by atoms with Crippen molar-refractivity contribution < 1.29 is 0 Å². The van der Waals surface area contributed by atoms with Gasteiger partial charge in [-0.2, -0.15) is 0 Å². The molecule has 0 radical (unpaired) electrons. The molecule has 0 saturated heterocycles. The van der Waals surface area contributed by atoms with E-state index in [1.807, 2.05) is 0 Å². The van der Waals surface area contributed by atoms with Crippen molar-refractivity contribution in [1.29, 1.82) is 0 Å². The zero-order valence-electron chi connectivity index (χ0n) is 36.7. The van der Waals surface area contributed by atoms with E-state index >= 15 is 0 Å². The largest absolute Gasteiger partial charge is 0.126 e. The number of hydrogen-bond acceptors (Lipinski definition) is 2. The second-order valence-electron chi connectivity index (χ2n) is 17.1. The van der Waals surface area contributed by atoms with Crippen molar-refractivity contribution in [2.75, 3.05) is 11.5 Å². The molecule has 0 heterocycles. The van der Waals surface area contributed by atoms with Gasteiger partial charge in [0.15, 0.2) is 0 Å². The minimum absolute atomic E-state index is 1.28. The van der Waals surface area contributed by atoms with Crippen molar-refractivity contribution >= 4 is 23.5 Å². The van der Waals surface area contributed by atoms with Crippen LogP contribution in [0.15, 0.2) is 28.0 Å². The summed E-state index contributed by atoms with van der Waals surface area (Å²) in [4.78, 5) is 2.99. The first kappa shape index (κ1) is 50.9. The van der Waals surface area contributed by atoms with E-state index in [1.54, 1.807) is 0 Å². The highest BCUT2D eigenvalue weighted by Gasteiger charge is 2.03. The van der Waals surface area contributed by atoms with Gasteiger partial charge in [-0.1, -0.05) is 258 Å². The summed E-state index contributed by atoms with van der Waals surface area (Å²) >= 11 is 4.19. The van der Waals surface area contributed by atoms with E-state index in [0.29, 0.717) is 0 Å². The van der Waals surface area contributed by atoms with E-state index in [4.69, 9.17) is 0 Å². The van der Waals surface area contributed by atoms with Crippen LogP contribution in [0.5, 0.6) is 0 Å². The molecule has 312 valence electrons. The van der Waals surface area contributed by atoms with Gasteiger partial charge >= 0.3 is 0 Å². The van der Waals surface area contributed by atoms with Gasteiger partial charge in [0.05, 0.1) is 0 Å². The van der Waals surface area contributed by atoms with Gasteiger partial charge in [0.25, 0.3) is 0 Å². The van der Waals surface area contributed by atoms with Crippen LogP contribution in [-0.4, -0.2) is 11.5 Å². The lowest BCUT2D eigenvalue weighted by Crippen LogP contribution is -1.87. The molecule has 0 fully saturated rings. The third kappa shape index (κ3) is 38.6. The molecule has 0 atom stereocenters. The first-order valence-electron chi connectivity index (χ1n) is 24.6. The third-order valence-electron chi connectivity index (χ3n) is 11.6. The van der Waals surface area contributed by atoms with Crippen LogP contribution in [-0.2, 0) is 0 Å². The number of rotatable bonds is 44. The molecule has 0 aliphatic rings. The monoisotopic (exact) mass is 773 g/mol. The standard InChI is InChI=1S/C51H96S2/c1-4-6-8-10-12-14-16-18-20-22-24-26-28-30-32-34-36-38-40-42-44-52-50-46-49(3)47-51(48-50)53-45-43-41-39-37-35-33-31-29-27-25-23-21-19-17-15-13-11-9-7-5-2/h46-48H,4-45H2,1-3H3. The first-order valence-corrected chi connectivity index (χ1v) is 26.6. The lowest BCUT2D eigenvalue weighted by atomic mass is 10.0. The molecule has 0 bridgehead atoms. The van der Waals surface area contributed by atoms with Crippen molar-refractivity contribution in [3.8, 4) is 0 Å². The number of benzene rings is 1. The fraction of sp³-hybridized carbons (Fsp3) is 0.882. The molecule has 0 amide bonds. The Labute approximate surface area is 344 Å². The SMILES string of the molecule is CCCCCCCCCCCCCCCCCCCCCCSc1cc(C)cc(SCCCCCCCCCCCCCCCCCCCCCC)c1. The van der Waals surface area contributed by atoms with Gasteiger partial charge in [0.2, 0.25) is 0 Å². The van der Waals surface area contributed by atoms with Crippen LogP contribution >= 0.6 is 23.5 Å². The second kappa shape index (κ2) is 43.1. The minimum atomic E-state index is 1.28. The molecule has 1 aromatic carbocycles. The molecule has 1 aromatic rings. The van der Waals surface area contributed by atoms with E-state index in [-0.39, 0.29) is 0 Å². The summed E-state index contributed by atoms with van der Waals surface area (Å²) in [6.07, 6.45) is 58.3. The molecule has 0 spiro atoms. The van der Waals surface area contributed by atoms with Crippen LogP contribution in [0.4, 0.5) is 0 Å². The Bertz CT molecular complexity index is 769. The van der Waals surface area contributed by atoms with E-state index < -0.39 is 0 Å². The van der Waals surface area contributed by atoms with Crippen LogP contribution in [0.25, 0.3) is 0 Å². The van der Waals surface area contributed by atoms with Crippen LogP contribution < -0.4 is 0 Å². The molecule has 53 heavy (non-hydrogen) atoms. The van der Waals surface area contributed by atoms with Gasteiger partial charge < -0.3 is 0 Å². The zero-order valence-corrected chi connectivity index (χ0v) is 38.4. The normalized spacial score (nSPS) is 11.6. The Morgan fingerprint density at radius 2 is 0.453 bits per heavy atom. The molecular formula is C51H96S2. The topological polar surface area (TPSA) is 0 Å². The van der Waals surface area contributed by atoms with Gasteiger partial charge in [-0.15, -0.1) is 23.5 Å². The second-order valence-corrected chi connectivity index (χ2v) is 19.5. The molecule has 0 aliphatic heterocycles. The van der Waals surface area contributed by atoms with E-state index in [9.17, 15) is 0 Å². The van der Waals surface area contributed by atoms with Crippen molar-refractivity contribution in [2.24, 2.45) is 0 Å². The van der Waals surface area contributed by atoms with Crippen molar-refractivity contribution in [3.63, 3.8) is 0 Å². The lowest BCUT2D eigenvalue weighted by molar-refractivity contribution is 0.523.